The Balaban J connectivity index is 1.70. The monoisotopic (exact) mass is 363 g/mol. The van der Waals surface area contributed by atoms with Crippen LogP contribution in [-0.4, -0.2) is 46.2 Å². The minimum atomic E-state index is -0.370. The molecule has 2 amide bonds. The number of anilines is 1. The van der Waals surface area contributed by atoms with Gasteiger partial charge in [-0.1, -0.05) is 31.0 Å². The second-order valence-electron chi connectivity index (χ2n) is 6.83. The Hall–Kier alpha value is -1.96. The predicted molar refractivity (Wildman–Crippen MR) is 98.6 cm³/mol. The average molecular weight is 363 g/mol. The lowest BCUT2D eigenvalue weighted by atomic mass is 10.1. The first kappa shape index (κ1) is 20.4. The first-order valence-corrected chi connectivity index (χ1v) is 9.29. The highest BCUT2D eigenvalue weighted by Gasteiger charge is 2.21. The van der Waals surface area contributed by atoms with Crippen molar-refractivity contribution in [3.05, 3.63) is 29.8 Å². The molecule has 1 aliphatic rings. The standard InChI is InChI=1S/C19H29N3O4/c23-16-11-12-22(14-16)13-15-7-5-6-8-17(15)20-18(24)9-3-1-2-4-10-19(25)21-26/h5-8,16,23,26H,1-4,9-14H2,(H,20,24)(H,21,25)/t16-/m0/s1. The number of aliphatic hydroxyl groups excluding tert-OH is 1. The van der Waals surface area contributed by atoms with Gasteiger partial charge in [0.05, 0.1) is 6.10 Å². The topological polar surface area (TPSA) is 102 Å². The number of carbonyl (C=O) groups is 2. The maximum atomic E-state index is 12.2. The lowest BCUT2D eigenvalue weighted by Crippen LogP contribution is -2.22. The number of para-hydroxylation sites is 1. The zero-order valence-electron chi connectivity index (χ0n) is 15.1. The van der Waals surface area contributed by atoms with Gasteiger partial charge in [0.25, 0.3) is 0 Å². The van der Waals surface area contributed by atoms with Crippen LogP contribution >= 0.6 is 0 Å². The van der Waals surface area contributed by atoms with Crippen LogP contribution in [0, 0.1) is 0 Å². The van der Waals surface area contributed by atoms with Crippen molar-refractivity contribution in [2.75, 3.05) is 18.4 Å². The number of rotatable bonds is 10. The third kappa shape index (κ3) is 7.11. The quantitative estimate of drug-likeness (QED) is 0.289. The number of nitrogens with zero attached hydrogens (tertiary/aromatic N) is 1. The molecule has 1 saturated heterocycles. The molecule has 144 valence electrons. The van der Waals surface area contributed by atoms with Gasteiger partial charge >= 0.3 is 0 Å². The van der Waals surface area contributed by atoms with Crippen LogP contribution in [0.2, 0.25) is 0 Å². The van der Waals surface area contributed by atoms with E-state index in [-0.39, 0.29) is 17.9 Å². The fourth-order valence-electron chi connectivity index (χ4n) is 3.17. The Morgan fingerprint density at radius 2 is 1.77 bits per heavy atom. The number of nitrogens with one attached hydrogen (secondary N) is 2. The van der Waals surface area contributed by atoms with Crippen molar-refractivity contribution in [3.63, 3.8) is 0 Å². The van der Waals surface area contributed by atoms with Crippen molar-refractivity contribution in [1.29, 1.82) is 0 Å². The lowest BCUT2D eigenvalue weighted by Gasteiger charge is -2.18. The molecular formula is C19H29N3O4. The number of β-amino-alcohol motifs (C(OH)–C–C–N with tert-alkyl or cyclic N) is 1. The Morgan fingerprint density at radius 1 is 1.08 bits per heavy atom. The molecule has 2 rings (SSSR count). The number of amides is 2. The van der Waals surface area contributed by atoms with Crippen molar-refractivity contribution >= 4 is 17.5 Å². The van der Waals surface area contributed by atoms with Gasteiger partial charge in [-0.15, -0.1) is 0 Å². The molecular weight excluding hydrogens is 334 g/mol. The smallest absolute Gasteiger partial charge is 0.243 e. The summed E-state index contributed by atoms with van der Waals surface area (Å²) in [5.74, 6) is -0.378. The number of aliphatic hydroxyl groups is 1. The van der Waals surface area contributed by atoms with E-state index in [1.54, 1.807) is 5.48 Å². The molecule has 1 heterocycles. The zero-order chi connectivity index (χ0) is 18.8. The second-order valence-corrected chi connectivity index (χ2v) is 6.83. The van der Waals surface area contributed by atoms with E-state index in [0.29, 0.717) is 25.8 Å². The van der Waals surface area contributed by atoms with Crippen molar-refractivity contribution in [1.82, 2.24) is 10.4 Å². The lowest BCUT2D eigenvalue weighted by molar-refractivity contribution is -0.129. The molecule has 4 N–H and O–H groups in total. The molecule has 1 fully saturated rings. The summed E-state index contributed by atoms with van der Waals surface area (Å²) in [6.07, 6.45) is 4.51. The average Bonchev–Trinajstić information content (AvgIpc) is 3.04. The molecule has 0 saturated carbocycles. The highest BCUT2D eigenvalue weighted by molar-refractivity contribution is 5.91. The normalized spacial score (nSPS) is 17.2. The van der Waals surface area contributed by atoms with Crippen LogP contribution in [0.5, 0.6) is 0 Å². The van der Waals surface area contributed by atoms with E-state index in [2.05, 4.69) is 10.2 Å². The number of hydroxylamine groups is 1. The fourth-order valence-corrected chi connectivity index (χ4v) is 3.17. The molecule has 1 aromatic carbocycles. The van der Waals surface area contributed by atoms with Gasteiger partial charge in [-0.2, -0.15) is 0 Å². The summed E-state index contributed by atoms with van der Waals surface area (Å²) in [7, 11) is 0. The van der Waals surface area contributed by atoms with E-state index >= 15 is 0 Å². The minimum absolute atomic E-state index is 0.00740. The van der Waals surface area contributed by atoms with Gasteiger partial charge in [-0.25, -0.2) is 5.48 Å². The van der Waals surface area contributed by atoms with Gasteiger partial charge in [0.1, 0.15) is 0 Å². The summed E-state index contributed by atoms with van der Waals surface area (Å²) >= 11 is 0. The van der Waals surface area contributed by atoms with Crippen LogP contribution in [0.25, 0.3) is 0 Å². The molecule has 0 spiro atoms. The molecule has 0 bridgehead atoms. The van der Waals surface area contributed by atoms with E-state index in [9.17, 15) is 14.7 Å². The van der Waals surface area contributed by atoms with Crippen LogP contribution in [0.15, 0.2) is 24.3 Å². The first-order valence-electron chi connectivity index (χ1n) is 9.29. The zero-order valence-corrected chi connectivity index (χ0v) is 15.1. The van der Waals surface area contributed by atoms with Crippen LogP contribution in [0.4, 0.5) is 5.69 Å². The summed E-state index contributed by atoms with van der Waals surface area (Å²) in [6, 6.07) is 7.78. The Kier molecular flexibility index (Phi) is 8.53. The van der Waals surface area contributed by atoms with E-state index in [1.165, 1.54) is 0 Å². The third-order valence-corrected chi connectivity index (χ3v) is 4.62. The number of likely N-dealkylation sites (tertiary alicyclic amines) is 1. The first-order chi connectivity index (χ1) is 12.6. The Morgan fingerprint density at radius 3 is 2.42 bits per heavy atom. The maximum absolute atomic E-state index is 12.2. The SMILES string of the molecule is O=C(CCCCCCC(=O)Nc1ccccc1CN1CC[C@H](O)C1)NO. The van der Waals surface area contributed by atoms with Crippen molar-refractivity contribution in [3.8, 4) is 0 Å². The molecule has 0 aromatic heterocycles. The fraction of sp³-hybridized carbons (Fsp3) is 0.579. The summed E-state index contributed by atoms with van der Waals surface area (Å²) in [4.78, 5) is 25.3. The summed E-state index contributed by atoms with van der Waals surface area (Å²) in [6.45, 7) is 2.27. The van der Waals surface area contributed by atoms with Crippen molar-refractivity contribution < 1.29 is 19.9 Å². The predicted octanol–water partition coefficient (Wildman–Crippen LogP) is 2.04. The van der Waals surface area contributed by atoms with Gasteiger partial charge in [0.15, 0.2) is 0 Å². The summed E-state index contributed by atoms with van der Waals surface area (Å²) in [5.41, 5.74) is 3.51. The van der Waals surface area contributed by atoms with Crippen molar-refractivity contribution in [2.24, 2.45) is 0 Å². The van der Waals surface area contributed by atoms with E-state index in [0.717, 1.165) is 50.0 Å². The second kappa shape index (κ2) is 10.9. The van der Waals surface area contributed by atoms with Gasteiger partial charge in [-0.05, 0) is 30.9 Å². The van der Waals surface area contributed by atoms with Crippen LogP contribution < -0.4 is 10.8 Å². The molecule has 1 atom stereocenters. The van der Waals surface area contributed by atoms with Gasteiger partial charge in [0, 0.05) is 38.2 Å². The molecule has 0 aliphatic carbocycles. The molecule has 1 aliphatic heterocycles. The van der Waals surface area contributed by atoms with Crippen LogP contribution in [0.3, 0.4) is 0 Å². The third-order valence-electron chi connectivity index (χ3n) is 4.62. The Bertz CT molecular complexity index is 594. The molecule has 0 radical (unpaired) electrons. The molecule has 7 heteroatoms. The molecule has 7 nitrogen and oxygen atoms in total. The molecule has 0 unspecified atom stereocenters. The highest BCUT2D eigenvalue weighted by atomic mass is 16.5. The largest absolute Gasteiger partial charge is 0.392 e. The number of carbonyl (C=O) groups excluding carboxylic acids is 2. The molecule has 26 heavy (non-hydrogen) atoms. The minimum Gasteiger partial charge on any atom is -0.392 e. The highest BCUT2D eigenvalue weighted by Crippen LogP contribution is 2.20. The van der Waals surface area contributed by atoms with Crippen LogP contribution in [0.1, 0.15) is 50.5 Å². The number of hydrogen-bond donors (Lipinski definition) is 4. The van der Waals surface area contributed by atoms with E-state index < -0.39 is 0 Å². The van der Waals surface area contributed by atoms with E-state index in [4.69, 9.17) is 5.21 Å². The Labute approximate surface area is 154 Å². The number of hydrogen-bond acceptors (Lipinski definition) is 5. The number of benzene rings is 1. The molecule has 1 aromatic rings. The maximum Gasteiger partial charge on any atom is 0.243 e. The number of unbranched alkanes of at least 4 members (excludes halogenated alkanes) is 3. The van der Waals surface area contributed by atoms with Crippen molar-refractivity contribution in [2.45, 2.75) is 57.6 Å². The van der Waals surface area contributed by atoms with Gasteiger partial charge in [0.2, 0.25) is 11.8 Å². The summed E-state index contributed by atoms with van der Waals surface area (Å²) < 4.78 is 0. The van der Waals surface area contributed by atoms with Gasteiger partial charge < -0.3 is 10.4 Å². The van der Waals surface area contributed by atoms with E-state index in [1.807, 2.05) is 24.3 Å². The van der Waals surface area contributed by atoms with Crippen LogP contribution in [-0.2, 0) is 16.1 Å². The van der Waals surface area contributed by atoms with Gasteiger partial charge in [-0.3, -0.25) is 19.7 Å². The summed E-state index contributed by atoms with van der Waals surface area (Å²) in [5, 5.41) is 21.0.